The largest absolute Gasteiger partial charge is 0.423 e. The molecule has 212 valence electrons. The number of aromatic nitrogens is 4. The number of alkyl halides is 6. The van der Waals surface area contributed by atoms with Crippen molar-refractivity contribution < 1.29 is 35.1 Å². The molecular weight excluding hydrogens is 554 g/mol. The van der Waals surface area contributed by atoms with Crippen LogP contribution in [0.3, 0.4) is 0 Å². The summed E-state index contributed by atoms with van der Waals surface area (Å²) in [7, 11) is 0. The molecule has 3 aromatic heterocycles. The summed E-state index contributed by atoms with van der Waals surface area (Å²) in [5, 5.41) is 7.09. The molecule has 0 bridgehead atoms. The molecule has 1 aromatic carbocycles. The molecule has 0 unspecified atom stereocenters. The van der Waals surface area contributed by atoms with Crippen molar-refractivity contribution in [2.75, 3.05) is 5.32 Å². The van der Waals surface area contributed by atoms with Crippen LogP contribution in [-0.2, 0) is 18.9 Å². The second-order valence-electron chi connectivity index (χ2n) is 8.93. The number of pyridine rings is 2. The second kappa shape index (κ2) is 10.7. The summed E-state index contributed by atoms with van der Waals surface area (Å²) in [6.45, 7) is 1.56. The Kier molecular flexibility index (Phi) is 7.67. The van der Waals surface area contributed by atoms with Crippen molar-refractivity contribution in [3.8, 4) is 11.3 Å². The smallest absolute Gasteiger partial charge is 0.381 e. The van der Waals surface area contributed by atoms with Crippen LogP contribution in [0.2, 0.25) is 0 Å². The lowest BCUT2D eigenvalue weighted by Gasteiger charge is -2.18. The van der Waals surface area contributed by atoms with Crippen LogP contribution >= 0.6 is 0 Å². The standard InChI is InChI=1S/C25H19F8N5O2/c1-12(36-17-11-35-37-22(39)19(17)25(31,32)33)3-2-7-38-8-6-13-9-15(20(26)21(27)18(13)23(38)40)16-5-4-14(10-34-16)24(28,29)30/h4-6,8-12H,2-3,7H2,1H3,(H2,36,37,39)/t12-/m0/s1. The maximum atomic E-state index is 15.0. The van der Waals surface area contributed by atoms with Gasteiger partial charge < -0.3 is 9.88 Å². The van der Waals surface area contributed by atoms with Gasteiger partial charge in [0, 0.05) is 30.5 Å². The first-order chi connectivity index (χ1) is 18.7. The fourth-order valence-electron chi connectivity index (χ4n) is 4.15. The van der Waals surface area contributed by atoms with E-state index in [1.54, 1.807) is 12.0 Å². The van der Waals surface area contributed by atoms with Gasteiger partial charge in [0.2, 0.25) is 0 Å². The molecule has 0 fully saturated rings. The third-order valence-electron chi connectivity index (χ3n) is 6.09. The summed E-state index contributed by atoms with van der Waals surface area (Å²) in [4.78, 5) is 28.1. The number of aryl methyl sites for hydroxylation is 1. The van der Waals surface area contributed by atoms with Crippen molar-refractivity contribution in [3.63, 3.8) is 0 Å². The third-order valence-corrected chi connectivity index (χ3v) is 6.09. The van der Waals surface area contributed by atoms with Crippen LogP contribution in [0.1, 0.15) is 30.9 Å². The Morgan fingerprint density at radius 3 is 2.35 bits per heavy atom. The van der Waals surface area contributed by atoms with Gasteiger partial charge in [-0.25, -0.2) is 13.9 Å². The molecule has 1 atom stereocenters. The molecule has 3 heterocycles. The molecule has 15 heteroatoms. The Labute approximate surface area is 219 Å². The van der Waals surface area contributed by atoms with Crippen LogP contribution in [-0.4, -0.2) is 25.8 Å². The number of fused-ring (bicyclic) bond motifs is 1. The number of hydrogen-bond acceptors (Lipinski definition) is 5. The lowest BCUT2D eigenvalue weighted by atomic mass is 10.0. The van der Waals surface area contributed by atoms with E-state index in [9.17, 15) is 44.7 Å². The molecule has 7 nitrogen and oxygen atoms in total. The summed E-state index contributed by atoms with van der Waals surface area (Å²) < 4.78 is 109. The molecule has 40 heavy (non-hydrogen) atoms. The summed E-state index contributed by atoms with van der Waals surface area (Å²) in [6, 6.07) is 3.41. The van der Waals surface area contributed by atoms with Gasteiger partial charge in [0.1, 0.15) is 5.56 Å². The predicted octanol–water partition coefficient (Wildman–Crippen LogP) is 5.74. The van der Waals surface area contributed by atoms with Gasteiger partial charge >= 0.3 is 12.4 Å². The first kappa shape index (κ1) is 28.7. The fourth-order valence-corrected chi connectivity index (χ4v) is 4.15. The summed E-state index contributed by atoms with van der Waals surface area (Å²) in [5.74, 6) is -2.95. The highest BCUT2D eigenvalue weighted by atomic mass is 19.4. The van der Waals surface area contributed by atoms with Crippen LogP contribution in [0.5, 0.6) is 0 Å². The van der Waals surface area contributed by atoms with Crippen molar-refractivity contribution in [1.29, 1.82) is 0 Å². The molecule has 0 aliphatic carbocycles. The minimum atomic E-state index is -4.92. The van der Waals surface area contributed by atoms with E-state index in [2.05, 4.69) is 15.4 Å². The molecule has 0 saturated carbocycles. The number of halogens is 8. The fraction of sp³-hybridized carbons (Fsp3) is 0.280. The number of benzene rings is 1. The van der Waals surface area contributed by atoms with Gasteiger partial charge in [0.05, 0.1) is 28.5 Å². The predicted molar refractivity (Wildman–Crippen MR) is 129 cm³/mol. The van der Waals surface area contributed by atoms with Gasteiger partial charge in [-0.1, -0.05) is 0 Å². The summed E-state index contributed by atoms with van der Waals surface area (Å²) in [6.07, 6.45) is -6.49. The highest BCUT2D eigenvalue weighted by Crippen LogP contribution is 2.33. The van der Waals surface area contributed by atoms with Crippen LogP contribution in [0, 0.1) is 11.6 Å². The molecule has 0 spiro atoms. The van der Waals surface area contributed by atoms with Crippen molar-refractivity contribution in [1.82, 2.24) is 19.7 Å². The van der Waals surface area contributed by atoms with Crippen LogP contribution in [0.15, 0.2) is 52.4 Å². The zero-order chi connectivity index (χ0) is 29.4. The highest BCUT2D eigenvalue weighted by Gasteiger charge is 2.37. The molecule has 0 amide bonds. The third kappa shape index (κ3) is 5.82. The Bertz CT molecular complexity index is 1660. The monoisotopic (exact) mass is 573 g/mol. The number of nitrogens with zero attached hydrogens (tertiary/aromatic N) is 3. The lowest BCUT2D eigenvalue weighted by Crippen LogP contribution is -2.27. The first-order valence-electron chi connectivity index (χ1n) is 11.6. The maximum absolute atomic E-state index is 15.0. The maximum Gasteiger partial charge on any atom is 0.423 e. The molecule has 2 N–H and O–H groups in total. The molecule has 0 aliphatic rings. The van der Waals surface area contributed by atoms with Crippen molar-refractivity contribution in [3.05, 3.63) is 86.3 Å². The van der Waals surface area contributed by atoms with E-state index in [0.717, 1.165) is 22.9 Å². The van der Waals surface area contributed by atoms with Crippen LogP contribution < -0.4 is 16.4 Å². The number of anilines is 1. The Morgan fingerprint density at radius 1 is 1.00 bits per heavy atom. The normalized spacial score (nSPS) is 13.0. The van der Waals surface area contributed by atoms with Crippen molar-refractivity contribution >= 4 is 16.5 Å². The second-order valence-corrected chi connectivity index (χ2v) is 8.93. The average molecular weight is 573 g/mol. The van der Waals surface area contributed by atoms with Crippen LogP contribution in [0.25, 0.3) is 22.0 Å². The van der Waals surface area contributed by atoms with Gasteiger partial charge in [-0.3, -0.25) is 14.6 Å². The van der Waals surface area contributed by atoms with E-state index in [1.165, 1.54) is 12.3 Å². The van der Waals surface area contributed by atoms with Crippen LogP contribution in [0.4, 0.5) is 40.8 Å². The lowest BCUT2D eigenvalue weighted by molar-refractivity contribution is -0.138. The van der Waals surface area contributed by atoms with E-state index >= 15 is 0 Å². The number of hydrogen-bond donors (Lipinski definition) is 2. The highest BCUT2D eigenvalue weighted by molar-refractivity contribution is 5.87. The minimum Gasteiger partial charge on any atom is -0.381 e. The minimum absolute atomic E-state index is 0.00378. The van der Waals surface area contributed by atoms with E-state index < -0.39 is 68.9 Å². The Hall–Kier alpha value is -4.30. The van der Waals surface area contributed by atoms with Crippen molar-refractivity contribution in [2.45, 2.75) is 44.7 Å². The van der Waals surface area contributed by atoms with Gasteiger partial charge in [-0.05, 0) is 49.4 Å². The Balaban J connectivity index is 1.52. The molecule has 4 aromatic rings. The topological polar surface area (TPSA) is 92.7 Å². The number of nitrogens with one attached hydrogen (secondary N) is 2. The summed E-state index contributed by atoms with van der Waals surface area (Å²) in [5.41, 5.74) is -5.98. The van der Waals surface area contributed by atoms with Gasteiger partial charge in [-0.15, -0.1) is 0 Å². The number of rotatable bonds is 7. The molecule has 0 saturated heterocycles. The van der Waals surface area contributed by atoms with E-state index in [-0.39, 0.29) is 30.5 Å². The van der Waals surface area contributed by atoms with E-state index in [4.69, 9.17) is 0 Å². The van der Waals surface area contributed by atoms with Gasteiger partial charge in [0.15, 0.2) is 11.6 Å². The molecular formula is C25H19F8N5O2. The Morgan fingerprint density at radius 2 is 1.73 bits per heavy atom. The first-order valence-corrected chi connectivity index (χ1v) is 11.6. The average Bonchev–Trinajstić information content (AvgIpc) is 2.86. The van der Waals surface area contributed by atoms with E-state index in [1.807, 2.05) is 0 Å². The number of H-pyrrole nitrogens is 1. The van der Waals surface area contributed by atoms with Gasteiger partial charge in [0.25, 0.3) is 11.1 Å². The number of aromatic amines is 1. The van der Waals surface area contributed by atoms with Crippen molar-refractivity contribution in [2.24, 2.45) is 0 Å². The summed E-state index contributed by atoms with van der Waals surface area (Å²) >= 11 is 0. The molecule has 0 aliphatic heterocycles. The quantitative estimate of drug-likeness (QED) is 0.275. The molecule has 0 radical (unpaired) electrons. The zero-order valence-electron chi connectivity index (χ0n) is 20.4. The SMILES string of the molecule is C[C@@H](CCCn1ccc2cc(-c3ccc(C(F)(F)F)cn3)c(F)c(F)c2c1=O)Nc1cn[nH]c(=O)c1C(F)(F)F. The molecule has 4 rings (SSSR count). The zero-order valence-corrected chi connectivity index (χ0v) is 20.4. The van der Waals surface area contributed by atoms with E-state index in [0.29, 0.717) is 12.3 Å². The van der Waals surface area contributed by atoms with Gasteiger partial charge in [-0.2, -0.15) is 31.4 Å².